The molecule has 0 bridgehead atoms. The van der Waals surface area contributed by atoms with Crippen LogP contribution in [0.2, 0.25) is 0 Å². The third-order valence-electron chi connectivity index (χ3n) is 4.25. The molecule has 0 aliphatic rings. The van der Waals surface area contributed by atoms with Gasteiger partial charge in [0, 0.05) is 16.4 Å². The van der Waals surface area contributed by atoms with Crippen molar-refractivity contribution in [3.63, 3.8) is 0 Å². The van der Waals surface area contributed by atoms with Crippen LogP contribution in [0.4, 0.5) is 0 Å². The van der Waals surface area contributed by atoms with Crippen LogP contribution >= 0.6 is 15.9 Å². The highest BCUT2D eigenvalue weighted by Crippen LogP contribution is 2.28. The first-order valence-corrected chi connectivity index (χ1v) is 10.2. The first-order valence-electron chi connectivity index (χ1n) is 9.42. The first kappa shape index (κ1) is 20.9. The molecule has 1 aromatic heterocycles. The molecule has 3 aromatic rings. The van der Waals surface area contributed by atoms with Gasteiger partial charge in [0.15, 0.2) is 11.5 Å². The number of nitrogens with one attached hydrogen (secondary N) is 1. The molecule has 0 spiro atoms. The molecule has 7 heteroatoms. The molecule has 1 amide bonds. The Labute approximate surface area is 176 Å². The van der Waals surface area contributed by atoms with Crippen molar-refractivity contribution in [1.82, 2.24) is 5.32 Å². The van der Waals surface area contributed by atoms with Gasteiger partial charge in [-0.25, -0.2) is 4.79 Å². The molecule has 29 heavy (non-hydrogen) atoms. The second-order valence-corrected chi connectivity index (χ2v) is 7.20. The van der Waals surface area contributed by atoms with Crippen LogP contribution in [0.25, 0.3) is 11.0 Å². The van der Waals surface area contributed by atoms with Crippen molar-refractivity contribution in [2.75, 3.05) is 19.8 Å². The van der Waals surface area contributed by atoms with Crippen molar-refractivity contribution >= 4 is 32.8 Å². The van der Waals surface area contributed by atoms with Gasteiger partial charge in [0.2, 0.25) is 0 Å². The molecule has 0 fully saturated rings. The zero-order chi connectivity index (χ0) is 20.8. The second-order valence-electron chi connectivity index (χ2n) is 6.28. The van der Waals surface area contributed by atoms with Gasteiger partial charge in [-0.1, -0.05) is 22.0 Å². The van der Waals surface area contributed by atoms with Crippen molar-refractivity contribution in [3.05, 3.63) is 68.5 Å². The van der Waals surface area contributed by atoms with E-state index in [0.717, 1.165) is 10.0 Å². The Morgan fingerprint density at radius 1 is 1.03 bits per heavy atom. The fourth-order valence-electron chi connectivity index (χ4n) is 2.92. The highest BCUT2D eigenvalue weighted by Gasteiger charge is 2.14. The van der Waals surface area contributed by atoms with Gasteiger partial charge in [-0.05, 0) is 62.2 Å². The summed E-state index contributed by atoms with van der Waals surface area (Å²) >= 11 is 3.37. The largest absolute Gasteiger partial charge is 0.490 e. The summed E-state index contributed by atoms with van der Waals surface area (Å²) in [5, 5.41) is 3.45. The Morgan fingerprint density at radius 2 is 1.79 bits per heavy atom. The van der Waals surface area contributed by atoms with E-state index in [9.17, 15) is 9.59 Å². The summed E-state index contributed by atoms with van der Waals surface area (Å²) in [6.07, 6.45) is 0.586. The number of amides is 1. The summed E-state index contributed by atoms with van der Waals surface area (Å²) in [4.78, 5) is 24.6. The molecule has 6 nitrogen and oxygen atoms in total. The van der Waals surface area contributed by atoms with Crippen molar-refractivity contribution in [2.45, 2.75) is 20.3 Å². The molecule has 0 radical (unpaired) electrons. The zero-order valence-electron chi connectivity index (χ0n) is 16.3. The van der Waals surface area contributed by atoms with Crippen LogP contribution in [0.15, 0.2) is 56.1 Å². The fourth-order valence-corrected chi connectivity index (χ4v) is 3.30. The van der Waals surface area contributed by atoms with Crippen LogP contribution in [0.1, 0.15) is 29.8 Å². The summed E-state index contributed by atoms with van der Waals surface area (Å²) in [5.41, 5.74) is 0.758. The van der Waals surface area contributed by atoms with Crippen LogP contribution in [-0.2, 0) is 6.42 Å². The quantitative estimate of drug-likeness (QED) is 0.507. The third kappa shape index (κ3) is 5.17. The van der Waals surface area contributed by atoms with Gasteiger partial charge in [0.1, 0.15) is 11.1 Å². The van der Waals surface area contributed by atoms with Crippen molar-refractivity contribution in [3.8, 4) is 11.5 Å². The first-order chi connectivity index (χ1) is 14.0. The van der Waals surface area contributed by atoms with Crippen molar-refractivity contribution in [2.24, 2.45) is 0 Å². The lowest BCUT2D eigenvalue weighted by Gasteiger charge is -2.12. The van der Waals surface area contributed by atoms with Gasteiger partial charge in [0.05, 0.1) is 13.2 Å². The van der Waals surface area contributed by atoms with Crippen LogP contribution in [0, 0.1) is 0 Å². The fraction of sp³-hybridized carbons (Fsp3) is 0.273. The minimum absolute atomic E-state index is 0.0164. The summed E-state index contributed by atoms with van der Waals surface area (Å²) < 4.78 is 17.3. The van der Waals surface area contributed by atoms with E-state index >= 15 is 0 Å². The predicted octanol–water partition coefficient (Wildman–Crippen LogP) is 4.33. The lowest BCUT2D eigenvalue weighted by atomic mass is 10.1. The van der Waals surface area contributed by atoms with E-state index in [1.54, 1.807) is 24.3 Å². The number of ether oxygens (including phenoxy) is 2. The number of carbonyl (C=O) groups excluding carboxylic acids is 1. The maximum Gasteiger partial charge on any atom is 0.349 e. The van der Waals surface area contributed by atoms with E-state index in [2.05, 4.69) is 21.2 Å². The van der Waals surface area contributed by atoms with Gasteiger partial charge in [0.25, 0.3) is 5.91 Å². The van der Waals surface area contributed by atoms with Crippen LogP contribution < -0.4 is 20.4 Å². The molecule has 0 aliphatic heterocycles. The highest BCUT2D eigenvalue weighted by atomic mass is 79.9. The van der Waals surface area contributed by atoms with Crippen LogP contribution in [0.3, 0.4) is 0 Å². The van der Waals surface area contributed by atoms with E-state index in [4.69, 9.17) is 13.9 Å². The molecular weight excluding hydrogens is 438 g/mol. The maximum atomic E-state index is 12.5. The molecule has 3 rings (SSSR count). The van der Waals surface area contributed by atoms with E-state index in [1.807, 2.05) is 32.0 Å². The lowest BCUT2D eigenvalue weighted by Crippen LogP contribution is -2.29. The Hall–Kier alpha value is -2.80. The topological polar surface area (TPSA) is 77.8 Å². The van der Waals surface area contributed by atoms with Crippen LogP contribution in [-0.4, -0.2) is 25.7 Å². The minimum atomic E-state index is -0.656. The smallest absolute Gasteiger partial charge is 0.349 e. The molecule has 1 heterocycles. The Kier molecular flexibility index (Phi) is 6.93. The number of hydrogen-bond acceptors (Lipinski definition) is 5. The zero-order valence-corrected chi connectivity index (χ0v) is 17.9. The molecule has 0 saturated carbocycles. The minimum Gasteiger partial charge on any atom is -0.490 e. The number of fused-ring (bicyclic) bond motifs is 1. The molecule has 0 unspecified atom stereocenters. The van der Waals surface area contributed by atoms with Crippen molar-refractivity contribution < 1.29 is 18.7 Å². The van der Waals surface area contributed by atoms with Crippen LogP contribution in [0.5, 0.6) is 11.5 Å². The molecule has 1 N–H and O–H groups in total. The predicted molar refractivity (Wildman–Crippen MR) is 115 cm³/mol. The Morgan fingerprint density at radius 3 is 2.55 bits per heavy atom. The third-order valence-corrected chi connectivity index (χ3v) is 4.74. The average Bonchev–Trinajstić information content (AvgIpc) is 2.70. The van der Waals surface area contributed by atoms with E-state index < -0.39 is 11.5 Å². The number of hydrogen-bond donors (Lipinski definition) is 1. The van der Waals surface area contributed by atoms with E-state index in [1.165, 1.54) is 0 Å². The molecule has 0 aliphatic carbocycles. The molecule has 0 atom stereocenters. The normalized spacial score (nSPS) is 10.7. The number of carbonyl (C=O) groups is 1. The average molecular weight is 460 g/mol. The lowest BCUT2D eigenvalue weighted by molar-refractivity contribution is 0.0950. The molecule has 0 saturated heterocycles. The van der Waals surface area contributed by atoms with Gasteiger partial charge in [-0.2, -0.15) is 0 Å². The molecule has 2 aromatic carbocycles. The number of rotatable bonds is 8. The Balaban J connectivity index is 1.68. The maximum absolute atomic E-state index is 12.5. The SMILES string of the molecule is CCOc1ccc(CCNC(=O)c2cc3cc(Br)ccc3oc2=O)cc1OCC. The van der Waals surface area contributed by atoms with Gasteiger partial charge in [-0.3, -0.25) is 4.79 Å². The molecule has 152 valence electrons. The molecular formula is C22H22BrNO5. The van der Waals surface area contributed by atoms with E-state index in [0.29, 0.717) is 48.6 Å². The summed E-state index contributed by atoms with van der Waals surface area (Å²) in [6, 6.07) is 12.5. The number of benzene rings is 2. The highest BCUT2D eigenvalue weighted by molar-refractivity contribution is 9.10. The monoisotopic (exact) mass is 459 g/mol. The second kappa shape index (κ2) is 9.60. The van der Waals surface area contributed by atoms with Gasteiger partial charge < -0.3 is 19.2 Å². The Bertz CT molecular complexity index is 1080. The standard InChI is InChI=1S/C22H22BrNO5/c1-3-27-19-7-5-14(11-20(19)28-4-2)9-10-24-21(25)17-13-15-12-16(23)6-8-18(15)29-22(17)26/h5-8,11-13H,3-4,9-10H2,1-2H3,(H,24,25). The van der Waals surface area contributed by atoms with E-state index in [-0.39, 0.29) is 5.56 Å². The van der Waals surface area contributed by atoms with Gasteiger partial charge in [-0.15, -0.1) is 0 Å². The number of halogens is 1. The summed E-state index contributed by atoms with van der Waals surface area (Å²) in [5.74, 6) is 0.914. The van der Waals surface area contributed by atoms with Crippen molar-refractivity contribution in [1.29, 1.82) is 0 Å². The van der Waals surface area contributed by atoms with Gasteiger partial charge >= 0.3 is 5.63 Å². The summed E-state index contributed by atoms with van der Waals surface area (Å²) in [7, 11) is 0. The summed E-state index contributed by atoms with van der Waals surface area (Å²) in [6.45, 7) is 5.29.